The van der Waals surface area contributed by atoms with E-state index in [9.17, 15) is 14.9 Å². The fourth-order valence-corrected chi connectivity index (χ4v) is 3.27. The first-order valence-electron chi connectivity index (χ1n) is 6.75. The summed E-state index contributed by atoms with van der Waals surface area (Å²) in [5.74, 6) is 0.0302. The number of carbonyl (C=O) groups is 1. The van der Waals surface area contributed by atoms with Gasteiger partial charge >= 0.3 is 0 Å². The van der Waals surface area contributed by atoms with E-state index < -0.39 is 4.92 Å². The van der Waals surface area contributed by atoms with Gasteiger partial charge in [0.05, 0.1) is 10.6 Å². The molecule has 0 bridgehead atoms. The molecule has 5 nitrogen and oxygen atoms in total. The number of nitrogens with zero attached hydrogens (tertiary/aromatic N) is 2. The van der Waals surface area contributed by atoms with Crippen LogP contribution in [-0.2, 0) is 17.6 Å². The zero-order valence-corrected chi connectivity index (χ0v) is 12.1. The van der Waals surface area contributed by atoms with Crippen LogP contribution in [0.3, 0.4) is 0 Å². The van der Waals surface area contributed by atoms with Crippen LogP contribution < -0.4 is 4.90 Å². The van der Waals surface area contributed by atoms with E-state index in [2.05, 4.69) is 0 Å². The summed E-state index contributed by atoms with van der Waals surface area (Å²) in [7, 11) is 0. The van der Waals surface area contributed by atoms with Gasteiger partial charge in [0, 0.05) is 30.0 Å². The number of rotatable bonds is 4. The number of benzene rings is 1. The Kier molecular flexibility index (Phi) is 3.70. The summed E-state index contributed by atoms with van der Waals surface area (Å²) in [6.45, 7) is 0.611. The van der Waals surface area contributed by atoms with E-state index in [4.69, 9.17) is 0 Å². The third kappa shape index (κ3) is 2.80. The van der Waals surface area contributed by atoms with Gasteiger partial charge in [0.25, 0.3) is 5.69 Å². The van der Waals surface area contributed by atoms with E-state index in [1.807, 2.05) is 17.5 Å². The van der Waals surface area contributed by atoms with Gasteiger partial charge in [-0.15, -0.1) is 11.3 Å². The minimum Gasteiger partial charge on any atom is -0.312 e. The van der Waals surface area contributed by atoms with Crippen molar-refractivity contribution in [3.05, 3.63) is 56.3 Å². The average Bonchev–Trinajstić information content (AvgIpc) is 3.13. The first-order valence-corrected chi connectivity index (χ1v) is 7.63. The molecule has 1 aromatic heterocycles. The summed E-state index contributed by atoms with van der Waals surface area (Å²) >= 11 is 1.64. The van der Waals surface area contributed by atoms with Gasteiger partial charge in [-0.2, -0.15) is 0 Å². The molecule has 1 aliphatic rings. The van der Waals surface area contributed by atoms with Gasteiger partial charge in [-0.05, 0) is 29.9 Å². The van der Waals surface area contributed by atoms with Gasteiger partial charge in [0.1, 0.15) is 0 Å². The van der Waals surface area contributed by atoms with Crippen molar-refractivity contribution in [3.8, 4) is 0 Å². The minimum absolute atomic E-state index is 0.0302. The van der Waals surface area contributed by atoms with E-state index >= 15 is 0 Å². The summed E-state index contributed by atoms with van der Waals surface area (Å²) < 4.78 is 0. The normalized spacial score (nSPS) is 13.2. The topological polar surface area (TPSA) is 63.5 Å². The fourth-order valence-electron chi connectivity index (χ4n) is 2.56. The summed E-state index contributed by atoms with van der Waals surface area (Å²) in [5, 5.41) is 12.9. The zero-order valence-electron chi connectivity index (χ0n) is 11.3. The molecular formula is C15H14N2O3S. The van der Waals surface area contributed by atoms with Gasteiger partial charge in [-0.1, -0.05) is 12.1 Å². The summed E-state index contributed by atoms with van der Waals surface area (Å²) in [4.78, 5) is 25.6. The maximum Gasteiger partial charge on any atom is 0.271 e. The highest BCUT2D eigenvalue weighted by Gasteiger charge is 2.26. The molecule has 0 fully saturated rings. The van der Waals surface area contributed by atoms with E-state index in [-0.39, 0.29) is 11.6 Å². The van der Waals surface area contributed by atoms with Crippen molar-refractivity contribution in [3.63, 3.8) is 0 Å². The van der Waals surface area contributed by atoms with Crippen LogP contribution in [0.25, 0.3) is 0 Å². The number of hydrogen-bond donors (Lipinski definition) is 0. The lowest BCUT2D eigenvalue weighted by Gasteiger charge is -2.16. The molecule has 2 aromatic rings. The molecule has 1 amide bonds. The van der Waals surface area contributed by atoms with Gasteiger partial charge in [0.15, 0.2) is 0 Å². The van der Waals surface area contributed by atoms with Crippen molar-refractivity contribution in [1.29, 1.82) is 0 Å². The van der Waals surface area contributed by atoms with E-state index in [1.165, 1.54) is 17.0 Å². The summed E-state index contributed by atoms with van der Waals surface area (Å²) in [6, 6.07) is 8.74. The molecule has 0 radical (unpaired) electrons. The number of carbonyl (C=O) groups excluding carboxylic acids is 1. The molecule has 108 valence electrons. The number of hydrogen-bond acceptors (Lipinski definition) is 4. The first kappa shape index (κ1) is 13.8. The fraction of sp³-hybridized carbons (Fsp3) is 0.267. The minimum atomic E-state index is -0.424. The molecule has 0 saturated carbocycles. The Morgan fingerprint density at radius 3 is 2.95 bits per heavy atom. The number of non-ortho nitro benzene ring substituents is 1. The van der Waals surface area contributed by atoms with Crippen molar-refractivity contribution in [2.24, 2.45) is 0 Å². The second kappa shape index (κ2) is 5.65. The van der Waals surface area contributed by atoms with Crippen LogP contribution in [0.1, 0.15) is 16.9 Å². The number of amides is 1. The van der Waals surface area contributed by atoms with E-state index in [1.54, 1.807) is 22.3 Å². The third-order valence-corrected chi connectivity index (χ3v) is 4.58. The lowest BCUT2D eigenvalue weighted by Crippen LogP contribution is -2.29. The highest BCUT2D eigenvalue weighted by atomic mass is 32.1. The van der Waals surface area contributed by atoms with Crippen LogP contribution in [0.15, 0.2) is 35.7 Å². The second-order valence-electron chi connectivity index (χ2n) is 4.94. The van der Waals surface area contributed by atoms with Gasteiger partial charge in [-0.25, -0.2) is 0 Å². The Hall–Kier alpha value is -2.21. The van der Waals surface area contributed by atoms with Crippen molar-refractivity contribution in [2.75, 3.05) is 11.4 Å². The van der Waals surface area contributed by atoms with Crippen LogP contribution in [-0.4, -0.2) is 17.4 Å². The highest BCUT2D eigenvalue weighted by Crippen LogP contribution is 2.32. The average molecular weight is 302 g/mol. The van der Waals surface area contributed by atoms with Crippen LogP contribution >= 0.6 is 11.3 Å². The SMILES string of the molecule is O=C(CCc1cccs1)N1CCc2ccc([N+](=O)[O-])cc21. The molecule has 21 heavy (non-hydrogen) atoms. The van der Waals surface area contributed by atoms with Crippen LogP contribution in [0.2, 0.25) is 0 Å². The molecule has 0 unspecified atom stereocenters. The number of fused-ring (bicyclic) bond motifs is 1. The maximum absolute atomic E-state index is 12.3. The molecule has 2 heterocycles. The number of aryl methyl sites for hydroxylation is 1. The summed E-state index contributed by atoms with van der Waals surface area (Å²) in [6.07, 6.45) is 1.91. The lowest BCUT2D eigenvalue weighted by atomic mass is 10.1. The Morgan fingerprint density at radius 2 is 2.24 bits per heavy atom. The van der Waals surface area contributed by atoms with E-state index in [0.717, 1.165) is 18.4 Å². The highest BCUT2D eigenvalue weighted by molar-refractivity contribution is 7.09. The number of nitro groups is 1. The molecule has 0 aliphatic carbocycles. The molecule has 0 N–H and O–H groups in total. The summed E-state index contributed by atoms with van der Waals surface area (Å²) in [5.41, 5.74) is 1.73. The largest absolute Gasteiger partial charge is 0.312 e. The molecule has 0 saturated heterocycles. The van der Waals surface area contributed by atoms with Crippen molar-refractivity contribution >= 4 is 28.6 Å². The molecule has 3 rings (SSSR count). The van der Waals surface area contributed by atoms with Gasteiger partial charge in [0.2, 0.25) is 5.91 Å². The molecule has 6 heteroatoms. The van der Waals surface area contributed by atoms with Crippen LogP contribution in [0.5, 0.6) is 0 Å². The monoisotopic (exact) mass is 302 g/mol. The molecule has 0 spiro atoms. The molecule has 1 aromatic carbocycles. The van der Waals surface area contributed by atoms with E-state index in [0.29, 0.717) is 18.7 Å². The Balaban J connectivity index is 1.75. The maximum atomic E-state index is 12.3. The van der Waals surface area contributed by atoms with Crippen LogP contribution in [0.4, 0.5) is 11.4 Å². The predicted octanol–water partition coefficient (Wildman–Crippen LogP) is 3.18. The Bertz CT molecular complexity index is 682. The Morgan fingerprint density at radius 1 is 1.38 bits per heavy atom. The zero-order chi connectivity index (χ0) is 14.8. The predicted molar refractivity (Wildman–Crippen MR) is 81.8 cm³/mol. The van der Waals surface area contributed by atoms with Crippen molar-refractivity contribution in [2.45, 2.75) is 19.3 Å². The van der Waals surface area contributed by atoms with Crippen molar-refractivity contribution in [1.82, 2.24) is 0 Å². The molecular weight excluding hydrogens is 288 g/mol. The second-order valence-corrected chi connectivity index (χ2v) is 5.98. The number of nitro benzene ring substituents is 1. The van der Waals surface area contributed by atoms with Gasteiger partial charge < -0.3 is 4.90 Å². The third-order valence-electron chi connectivity index (χ3n) is 3.64. The number of anilines is 1. The lowest BCUT2D eigenvalue weighted by molar-refractivity contribution is -0.384. The smallest absolute Gasteiger partial charge is 0.271 e. The number of thiophene rings is 1. The first-order chi connectivity index (χ1) is 10.1. The Labute approximate surface area is 126 Å². The molecule has 1 aliphatic heterocycles. The van der Waals surface area contributed by atoms with Crippen LogP contribution in [0, 0.1) is 10.1 Å². The van der Waals surface area contributed by atoms with Crippen molar-refractivity contribution < 1.29 is 9.72 Å². The quantitative estimate of drug-likeness (QED) is 0.643. The molecule has 0 atom stereocenters. The van der Waals surface area contributed by atoms with Gasteiger partial charge in [-0.3, -0.25) is 14.9 Å². The standard InChI is InChI=1S/C15H14N2O3S/c18-15(6-5-13-2-1-9-21-13)16-8-7-11-3-4-12(17(19)20)10-14(11)16/h1-4,9-10H,5-8H2.